The van der Waals surface area contributed by atoms with Crippen LogP contribution in [0.15, 0.2) is 65.1 Å². The van der Waals surface area contributed by atoms with Crippen LogP contribution < -0.4 is 11.1 Å². The molecule has 0 spiro atoms. The van der Waals surface area contributed by atoms with Gasteiger partial charge in [0.1, 0.15) is 5.82 Å². The van der Waals surface area contributed by atoms with Gasteiger partial charge in [-0.15, -0.1) is 21.5 Å². The second-order valence-electron chi connectivity index (χ2n) is 6.58. The number of para-hydroxylation sites is 2. The van der Waals surface area contributed by atoms with Crippen LogP contribution in [-0.2, 0) is 11.2 Å². The molecule has 0 aliphatic rings. The molecule has 7 nitrogen and oxygen atoms in total. The summed E-state index contributed by atoms with van der Waals surface area (Å²) in [5.74, 6) is 0.877. The fraction of sp³-hybridized carbons (Fsp3) is 0.143. The smallest absolute Gasteiger partial charge is 0.234 e. The number of thioether (sulfide) groups is 1. The van der Waals surface area contributed by atoms with Gasteiger partial charge in [0.15, 0.2) is 10.3 Å². The van der Waals surface area contributed by atoms with Crippen LogP contribution in [0, 0.1) is 6.92 Å². The van der Waals surface area contributed by atoms with Gasteiger partial charge in [0.25, 0.3) is 0 Å². The summed E-state index contributed by atoms with van der Waals surface area (Å²) in [7, 11) is 0. The van der Waals surface area contributed by atoms with Crippen LogP contribution in [0.4, 0.5) is 10.8 Å². The molecule has 0 bridgehead atoms. The average molecular weight is 437 g/mol. The van der Waals surface area contributed by atoms with E-state index in [1.165, 1.54) is 23.1 Å². The van der Waals surface area contributed by atoms with Crippen molar-refractivity contribution in [1.29, 1.82) is 0 Å². The van der Waals surface area contributed by atoms with Crippen LogP contribution in [0.25, 0.3) is 5.69 Å². The number of nitrogens with zero attached hydrogens (tertiary/aromatic N) is 4. The number of thiazole rings is 1. The molecule has 1 amide bonds. The molecule has 9 heteroatoms. The van der Waals surface area contributed by atoms with Gasteiger partial charge in [-0.05, 0) is 30.7 Å². The second kappa shape index (κ2) is 9.10. The summed E-state index contributed by atoms with van der Waals surface area (Å²) in [6.45, 7) is 1.96. The topological polar surface area (TPSA) is 98.7 Å². The molecule has 0 saturated carbocycles. The van der Waals surface area contributed by atoms with E-state index >= 15 is 0 Å². The molecular formula is C21H20N6OS2. The highest BCUT2D eigenvalue weighted by atomic mass is 32.2. The lowest BCUT2D eigenvalue weighted by Gasteiger charge is -2.10. The van der Waals surface area contributed by atoms with Gasteiger partial charge < -0.3 is 11.1 Å². The van der Waals surface area contributed by atoms with Crippen molar-refractivity contribution in [2.24, 2.45) is 0 Å². The van der Waals surface area contributed by atoms with Crippen molar-refractivity contribution in [1.82, 2.24) is 19.7 Å². The number of anilines is 2. The molecule has 152 valence electrons. The minimum absolute atomic E-state index is 0.0919. The summed E-state index contributed by atoms with van der Waals surface area (Å²) in [5.41, 5.74) is 9.37. The monoisotopic (exact) mass is 436 g/mol. The van der Waals surface area contributed by atoms with E-state index in [0.717, 1.165) is 28.5 Å². The fourth-order valence-electron chi connectivity index (χ4n) is 2.94. The van der Waals surface area contributed by atoms with Gasteiger partial charge in [-0.3, -0.25) is 9.36 Å². The quantitative estimate of drug-likeness (QED) is 0.426. The third kappa shape index (κ3) is 4.69. The van der Waals surface area contributed by atoms with Crippen molar-refractivity contribution in [3.8, 4) is 5.69 Å². The van der Waals surface area contributed by atoms with Gasteiger partial charge in [-0.25, -0.2) is 4.98 Å². The molecule has 0 atom stereocenters. The summed E-state index contributed by atoms with van der Waals surface area (Å²) in [6.07, 6.45) is 0.506. The zero-order chi connectivity index (χ0) is 20.9. The first-order valence-electron chi connectivity index (χ1n) is 9.28. The Bertz CT molecular complexity index is 1160. The Balaban J connectivity index is 1.54. The normalized spacial score (nSPS) is 10.8. The minimum Gasteiger partial charge on any atom is -0.375 e. The third-order valence-corrected chi connectivity index (χ3v) is 6.03. The number of nitrogens with two attached hydrogens (primary N) is 1. The average Bonchev–Trinajstić information content (AvgIpc) is 3.35. The van der Waals surface area contributed by atoms with Crippen molar-refractivity contribution in [2.45, 2.75) is 18.5 Å². The highest BCUT2D eigenvalue weighted by molar-refractivity contribution is 7.99. The lowest BCUT2D eigenvalue weighted by molar-refractivity contribution is -0.113. The van der Waals surface area contributed by atoms with E-state index in [1.54, 1.807) is 0 Å². The maximum absolute atomic E-state index is 12.5. The minimum atomic E-state index is -0.0919. The Morgan fingerprint density at radius 2 is 1.90 bits per heavy atom. The van der Waals surface area contributed by atoms with Crippen LogP contribution in [0.2, 0.25) is 0 Å². The molecule has 30 heavy (non-hydrogen) atoms. The zero-order valence-corrected chi connectivity index (χ0v) is 17.9. The number of amides is 1. The summed E-state index contributed by atoms with van der Waals surface area (Å²) in [4.78, 5) is 16.8. The first kappa shape index (κ1) is 20.1. The number of carbonyl (C=O) groups excluding carboxylic acids is 1. The van der Waals surface area contributed by atoms with Crippen LogP contribution in [0.5, 0.6) is 0 Å². The number of hydrogen-bond donors (Lipinski definition) is 2. The van der Waals surface area contributed by atoms with Crippen LogP contribution >= 0.6 is 23.1 Å². The van der Waals surface area contributed by atoms with Gasteiger partial charge in [0.05, 0.1) is 17.9 Å². The Labute approximate surface area is 182 Å². The van der Waals surface area contributed by atoms with Gasteiger partial charge in [0.2, 0.25) is 5.91 Å². The molecule has 0 aliphatic heterocycles. The Morgan fingerprint density at radius 1 is 1.13 bits per heavy atom. The first-order valence-corrected chi connectivity index (χ1v) is 11.1. The molecule has 3 N–H and O–H groups in total. The summed E-state index contributed by atoms with van der Waals surface area (Å²) < 4.78 is 1.96. The molecule has 0 saturated heterocycles. The van der Waals surface area contributed by atoms with Gasteiger partial charge >= 0.3 is 0 Å². The van der Waals surface area contributed by atoms with Gasteiger partial charge in [-0.1, -0.05) is 48.2 Å². The summed E-state index contributed by atoms with van der Waals surface area (Å²) in [6, 6.07) is 17.5. The molecule has 0 radical (unpaired) electrons. The molecule has 2 aromatic carbocycles. The van der Waals surface area contributed by atoms with Crippen LogP contribution in [0.1, 0.15) is 17.1 Å². The van der Waals surface area contributed by atoms with Crippen LogP contribution in [0.3, 0.4) is 0 Å². The number of aryl methyl sites for hydroxylation is 1. The number of rotatable bonds is 7. The predicted molar refractivity (Wildman–Crippen MR) is 121 cm³/mol. The molecular weight excluding hydrogens is 416 g/mol. The van der Waals surface area contributed by atoms with E-state index in [9.17, 15) is 4.79 Å². The maximum atomic E-state index is 12.5. The Hall–Kier alpha value is -3.17. The number of aromatic nitrogens is 4. The number of carbonyl (C=O) groups is 1. The van der Waals surface area contributed by atoms with Crippen molar-refractivity contribution < 1.29 is 4.79 Å². The molecule has 0 aliphatic carbocycles. The number of nitrogens with one attached hydrogen (secondary N) is 1. The molecule has 2 heterocycles. The van der Waals surface area contributed by atoms with E-state index < -0.39 is 0 Å². The largest absolute Gasteiger partial charge is 0.375 e. The van der Waals surface area contributed by atoms with Gasteiger partial charge in [-0.2, -0.15) is 0 Å². The highest BCUT2D eigenvalue weighted by Crippen LogP contribution is 2.24. The van der Waals surface area contributed by atoms with E-state index in [1.807, 2.05) is 71.5 Å². The summed E-state index contributed by atoms with van der Waals surface area (Å²) >= 11 is 2.75. The SMILES string of the molecule is Cc1ccccc1NC(=O)CSc1nnc(Cc2csc(N)n2)n1-c1ccccc1. The zero-order valence-electron chi connectivity index (χ0n) is 16.3. The van der Waals surface area contributed by atoms with Crippen molar-refractivity contribution in [3.05, 3.63) is 77.1 Å². The van der Waals surface area contributed by atoms with E-state index in [2.05, 4.69) is 20.5 Å². The molecule has 4 rings (SSSR count). The number of benzene rings is 2. The number of hydrogen-bond acceptors (Lipinski definition) is 7. The third-order valence-electron chi connectivity index (χ3n) is 4.38. The van der Waals surface area contributed by atoms with E-state index in [4.69, 9.17) is 5.73 Å². The van der Waals surface area contributed by atoms with E-state index in [0.29, 0.717) is 16.7 Å². The summed E-state index contributed by atoms with van der Waals surface area (Å²) in [5, 5.41) is 14.7. The van der Waals surface area contributed by atoms with Crippen molar-refractivity contribution >= 4 is 39.8 Å². The molecule has 2 aromatic heterocycles. The first-order chi connectivity index (χ1) is 14.6. The van der Waals surface area contributed by atoms with Crippen molar-refractivity contribution in [2.75, 3.05) is 16.8 Å². The van der Waals surface area contributed by atoms with Gasteiger partial charge in [0, 0.05) is 16.8 Å². The van der Waals surface area contributed by atoms with Crippen molar-refractivity contribution in [3.63, 3.8) is 0 Å². The Morgan fingerprint density at radius 3 is 2.63 bits per heavy atom. The fourth-order valence-corrected chi connectivity index (χ4v) is 4.27. The lowest BCUT2D eigenvalue weighted by Crippen LogP contribution is -2.15. The highest BCUT2D eigenvalue weighted by Gasteiger charge is 2.17. The maximum Gasteiger partial charge on any atom is 0.234 e. The standard InChI is InChI=1S/C21H20N6OS2/c1-14-7-5-6-10-17(14)24-19(28)13-30-21-26-25-18(11-15-12-29-20(22)23-15)27(21)16-8-3-2-4-9-16/h2-10,12H,11,13H2,1H3,(H2,22,23)(H,24,28). The molecule has 4 aromatic rings. The molecule has 0 fully saturated rings. The van der Waals surface area contributed by atoms with E-state index in [-0.39, 0.29) is 11.7 Å². The van der Waals surface area contributed by atoms with Crippen LogP contribution in [-0.4, -0.2) is 31.4 Å². The number of nitrogen functional groups attached to an aromatic ring is 1. The molecule has 0 unspecified atom stereocenters. The predicted octanol–water partition coefficient (Wildman–Crippen LogP) is 3.94. The lowest BCUT2D eigenvalue weighted by atomic mass is 10.2. The second-order valence-corrected chi connectivity index (χ2v) is 8.41. The Kier molecular flexibility index (Phi) is 6.10.